The highest BCUT2D eigenvalue weighted by molar-refractivity contribution is 7.17. The molecule has 6 nitrogen and oxygen atoms in total. The zero-order valence-corrected chi connectivity index (χ0v) is 12.1. The molecule has 0 aliphatic heterocycles. The number of hydrogen-bond acceptors (Lipinski definition) is 5. The van der Waals surface area contributed by atoms with Gasteiger partial charge in [-0.1, -0.05) is 24.3 Å². The van der Waals surface area contributed by atoms with Crippen LogP contribution in [0.5, 0.6) is 0 Å². The third-order valence-corrected chi connectivity index (χ3v) is 3.34. The van der Waals surface area contributed by atoms with E-state index in [2.05, 4.69) is 20.8 Å². The summed E-state index contributed by atoms with van der Waals surface area (Å²) in [6.45, 7) is 1.76. The van der Waals surface area contributed by atoms with Crippen molar-refractivity contribution in [3.63, 3.8) is 0 Å². The number of hydrogen-bond donors (Lipinski definition) is 2. The summed E-state index contributed by atoms with van der Waals surface area (Å²) in [4.78, 5) is 23.2. The van der Waals surface area contributed by atoms with Crippen LogP contribution in [0.25, 0.3) is 0 Å². The van der Waals surface area contributed by atoms with Gasteiger partial charge in [-0.15, -0.1) is 10.2 Å². The number of benzene rings is 1. The second kappa shape index (κ2) is 6.44. The van der Waals surface area contributed by atoms with Crippen LogP contribution in [0.3, 0.4) is 0 Å². The number of halogens is 1. The predicted octanol–water partition coefficient (Wildman–Crippen LogP) is 2.79. The molecule has 0 aliphatic rings. The van der Waals surface area contributed by atoms with Gasteiger partial charge in [0, 0.05) is 17.8 Å². The zero-order valence-electron chi connectivity index (χ0n) is 10.5. The molecule has 1 aromatic carbocycles. The van der Waals surface area contributed by atoms with Crippen LogP contribution in [-0.4, -0.2) is 22.0 Å². The first-order valence-electron chi connectivity index (χ1n) is 5.78. The van der Waals surface area contributed by atoms with E-state index in [9.17, 15) is 9.59 Å². The average Bonchev–Trinajstić information content (AvgIpc) is 2.86. The highest BCUT2D eigenvalue weighted by atomic mass is 35.5. The topological polar surface area (TPSA) is 84.0 Å². The Morgan fingerprint density at radius 1 is 1.25 bits per heavy atom. The Bertz CT molecular complexity index is 644. The first-order chi connectivity index (χ1) is 9.58. The SMILES string of the molecule is CCC(=O)Nc1cccc(NC(=O)c2nnc(Cl)s2)c1. The number of carbonyl (C=O) groups excluding carboxylic acids is 2. The minimum atomic E-state index is -0.395. The lowest BCUT2D eigenvalue weighted by atomic mass is 10.2. The molecule has 2 aromatic rings. The van der Waals surface area contributed by atoms with Crippen LogP contribution in [0.1, 0.15) is 23.1 Å². The number of nitrogens with zero attached hydrogens (tertiary/aromatic N) is 2. The molecule has 0 unspecified atom stereocenters. The molecule has 0 bridgehead atoms. The number of aromatic nitrogens is 2. The molecule has 0 aliphatic carbocycles. The van der Waals surface area contributed by atoms with Crippen molar-refractivity contribution in [2.24, 2.45) is 0 Å². The summed E-state index contributed by atoms with van der Waals surface area (Å²) >= 11 is 6.62. The van der Waals surface area contributed by atoms with Gasteiger partial charge < -0.3 is 10.6 Å². The number of nitrogens with one attached hydrogen (secondary N) is 2. The second-order valence-electron chi connectivity index (χ2n) is 3.80. The smallest absolute Gasteiger partial charge is 0.286 e. The summed E-state index contributed by atoms with van der Waals surface area (Å²) in [5, 5.41) is 12.8. The van der Waals surface area contributed by atoms with Crippen molar-refractivity contribution in [1.82, 2.24) is 10.2 Å². The van der Waals surface area contributed by atoms with Gasteiger partial charge in [0.05, 0.1) is 0 Å². The average molecular weight is 311 g/mol. The molecule has 0 spiro atoms. The molecule has 0 saturated heterocycles. The maximum Gasteiger partial charge on any atom is 0.286 e. The van der Waals surface area contributed by atoms with Crippen molar-refractivity contribution < 1.29 is 9.59 Å². The Hall–Kier alpha value is -1.99. The van der Waals surface area contributed by atoms with Crippen LogP contribution in [0.4, 0.5) is 11.4 Å². The monoisotopic (exact) mass is 310 g/mol. The molecule has 2 rings (SSSR count). The van der Waals surface area contributed by atoms with Gasteiger partial charge in [0.25, 0.3) is 5.91 Å². The van der Waals surface area contributed by atoms with Crippen molar-refractivity contribution in [1.29, 1.82) is 0 Å². The fourth-order valence-corrected chi connectivity index (χ4v) is 2.13. The summed E-state index contributed by atoms with van der Waals surface area (Å²) in [7, 11) is 0. The van der Waals surface area contributed by atoms with Crippen molar-refractivity contribution in [2.45, 2.75) is 13.3 Å². The highest BCUT2D eigenvalue weighted by Crippen LogP contribution is 2.19. The Balaban J connectivity index is 2.08. The first kappa shape index (κ1) is 14.4. The minimum Gasteiger partial charge on any atom is -0.326 e. The lowest BCUT2D eigenvalue weighted by Crippen LogP contribution is -2.13. The second-order valence-corrected chi connectivity index (χ2v) is 5.36. The zero-order chi connectivity index (χ0) is 14.5. The number of amides is 2. The van der Waals surface area contributed by atoms with Gasteiger partial charge in [-0.2, -0.15) is 0 Å². The van der Waals surface area contributed by atoms with E-state index in [1.54, 1.807) is 31.2 Å². The van der Waals surface area contributed by atoms with E-state index in [0.717, 1.165) is 11.3 Å². The van der Waals surface area contributed by atoms with E-state index in [1.807, 2.05) is 0 Å². The molecule has 0 atom stereocenters. The maximum absolute atomic E-state index is 11.9. The van der Waals surface area contributed by atoms with Gasteiger partial charge in [0.1, 0.15) is 0 Å². The van der Waals surface area contributed by atoms with E-state index in [0.29, 0.717) is 17.8 Å². The summed E-state index contributed by atoms with van der Waals surface area (Å²) in [6, 6.07) is 6.84. The van der Waals surface area contributed by atoms with Gasteiger partial charge in [-0.25, -0.2) is 0 Å². The van der Waals surface area contributed by atoms with Gasteiger partial charge in [0.2, 0.25) is 15.4 Å². The van der Waals surface area contributed by atoms with E-state index in [-0.39, 0.29) is 15.4 Å². The Morgan fingerprint density at radius 2 is 1.95 bits per heavy atom. The minimum absolute atomic E-state index is 0.0932. The third kappa shape index (κ3) is 3.75. The number of rotatable bonds is 4. The van der Waals surface area contributed by atoms with Crippen LogP contribution in [0, 0.1) is 0 Å². The molecule has 104 valence electrons. The predicted molar refractivity (Wildman–Crippen MR) is 78.2 cm³/mol. The molecule has 1 heterocycles. The van der Waals surface area contributed by atoms with Crippen LogP contribution in [-0.2, 0) is 4.79 Å². The number of carbonyl (C=O) groups is 2. The van der Waals surface area contributed by atoms with E-state index >= 15 is 0 Å². The molecular weight excluding hydrogens is 300 g/mol. The third-order valence-electron chi connectivity index (χ3n) is 2.32. The number of anilines is 2. The molecular formula is C12H11ClN4O2S. The quantitative estimate of drug-likeness (QED) is 0.909. The molecule has 1 aromatic heterocycles. The van der Waals surface area contributed by atoms with Gasteiger partial charge in [-0.05, 0) is 29.8 Å². The van der Waals surface area contributed by atoms with E-state index < -0.39 is 5.91 Å². The summed E-state index contributed by atoms with van der Waals surface area (Å²) < 4.78 is 0.208. The Labute approximate surface area is 124 Å². The fourth-order valence-electron chi connectivity index (χ4n) is 1.41. The lowest BCUT2D eigenvalue weighted by molar-refractivity contribution is -0.115. The van der Waals surface area contributed by atoms with Crippen LogP contribution in [0.2, 0.25) is 4.47 Å². The first-order valence-corrected chi connectivity index (χ1v) is 6.98. The normalized spacial score (nSPS) is 10.1. The van der Waals surface area contributed by atoms with Crippen molar-refractivity contribution in [2.75, 3.05) is 10.6 Å². The molecule has 2 N–H and O–H groups in total. The molecule has 20 heavy (non-hydrogen) atoms. The molecule has 0 fully saturated rings. The van der Waals surface area contributed by atoms with E-state index in [4.69, 9.17) is 11.6 Å². The molecule has 0 saturated carbocycles. The summed E-state index contributed by atoms with van der Waals surface area (Å²) in [5.41, 5.74) is 1.17. The van der Waals surface area contributed by atoms with E-state index in [1.165, 1.54) is 0 Å². The Morgan fingerprint density at radius 3 is 2.55 bits per heavy atom. The summed E-state index contributed by atoms with van der Waals surface area (Å²) in [6.07, 6.45) is 0.389. The summed E-state index contributed by atoms with van der Waals surface area (Å²) in [5.74, 6) is -0.488. The largest absolute Gasteiger partial charge is 0.326 e. The van der Waals surface area contributed by atoms with Crippen molar-refractivity contribution >= 4 is 46.1 Å². The Kier molecular flexibility index (Phi) is 4.65. The fraction of sp³-hybridized carbons (Fsp3) is 0.167. The van der Waals surface area contributed by atoms with Crippen LogP contribution in [0.15, 0.2) is 24.3 Å². The van der Waals surface area contributed by atoms with Gasteiger partial charge >= 0.3 is 0 Å². The van der Waals surface area contributed by atoms with Gasteiger partial charge in [-0.3, -0.25) is 9.59 Å². The van der Waals surface area contributed by atoms with Gasteiger partial charge in [0.15, 0.2) is 0 Å². The maximum atomic E-state index is 11.9. The molecule has 0 radical (unpaired) electrons. The van der Waals surface area contributed by atoms with Crippen molar-refractivity contribution in [3.05, 3.63) is 33.7 Å². The highest BCUT2D eigenvalue weighted by Gasteiger charge is 2.12. The molecule has 2 amide bonds. The van der Waals surface area contributed by atoms with Crippen LogP contribution >= 0.6 is 22.9 Å². The standard InChI is InChI=1S/C12H11ClN4O2S/c1-2-9(18)14-7-4-3-5-8(6-7)15-10(19)11-16-17-12(13)20-11/h3-6H,2H2,1H3,(H,14,18)(H,15,19). The molecule has 8 heteroatoms. The van der Waals surface area contributed by atoms with Crippen LogP contribution < -0.4 is 10.6 Å². The van der Waals surface area contributed by atoms with Crippen molar-refractivity contribution in [3.8, 4) is 0 Å². The lowest BCUT2D eigenvalue weighted by Gasteiger charge is -2.07.